The van der Waals surface area contributed by atoms with Crippen LogP contribution in [0.1, 0.15) is 27.0 Å². The van der Waals surface area contributed by atoms with Crippen LogP contribution in [0.25, 0.3) is 0 Å². The largest absolute Gasteiger partial charge is 0.288 e. The van der Waals surface area contributed by atoms with Gasteiger partial charge in [-0.25, -0.2) is 8.78 Å². The zero-order chi connectivity index (χ0) is 13.3. The summed E-state index contributed by atoms with van der Waals surface area (Å²) in [6, 6.07) is 8.38. The van der Waals surface area contributed by atoms with Gasteiger partial charge in [-0.3, -0.25) is 4.79 Å². The zero-order valence-electron chi connectivity index (χ0n) is 10.1. The minimum atomic E-state index is -0.832. The Bertz CT molecular complexity index is 618. The van der Waals surface area contributed by atoms with Gasteiger partial charge in [-0.1, -0.05) is 17.7 Å². The summed E-state index contributed by atoms with van der Waals surface area (Å²) in [5.41, 5.74) is 2.03. The molecule has 0 aliphatic heterocycles. The number of hydrogen-bond acceptors (Lipinski definition) is 1. The Morgan fingerprint density at radius 3 is 2.33 bits per heavy atom. The van der Waals surface area contributed by atoms with Gasteiger partial charge in [0.15, 0.2) is 5.78 Å². The smallest absolute Gasteiger partial charge is 0.196 e. The van der Waals surface area contributed by atoms with E-state index in [1.165, 1.54) is 6.07 Å². The molecule has 0 fully saturated rings. The molecular weight excluding hydrogens is 234 g/mol. The van der Waals surface area contributed by atoms with E-state index in [9.17, 15) is 13.6 Å². The number of hydrogen-bond donors (Lipinski definition) is 0. The molecule has 0 aromatic heterocycles. The average Bonchev–Trinajstić information content (AvgIpc) is 2.31. The highest BCUT2D eigenvalue weighted by Gasteiger charge is 2.16. The first-order valence-electron chi connectivity index (χ1n) is 5.56. The lowest BCUT2D eigenvalue weighted by molar-refractivity contribution is 0.103. The van der Waals surface area contributed by atoms with Crippen LogP contribution in [0.3, 0.4) is 0 Å². The fourth-order valence-electron chi connectivity index (χ4n) is 1.80. The van der Waals surface area contributed by atoms with Crippen LogP contribution in [0.4, 0.5) is 8.78 Å². The molecule has 0 spiro atoms. The number of carbonyl (C=O) groups is 1. The summed E-state index contributed by atoms with van der Waals surface area (Å²) < 4.78 is 26.4. The first kappa shape index (κ1) is 12.4. The monoisotopic (exact) mass is 246 g/mol. The van der Waals surface area contributed by atoms with E-state index < -0.39 is 17.4 Å². The molecular formula is C15H12F2O. The maximum Gasteiger partial charge on any atom is 0.196 e. The number of rotatable bonds is 2. The van der Waals surface area contributed by atoms with Gasteiger partial charge in [0.1, 0.15) is 11.6 Å². The lowest BCUT2D eigenvalue weighted by atomic mass is 9.97. The third-order valence-electron chi connectivity index (χ3n) is 2.81. The summed E-state index contributed by atoms with van der Waals surface area (Å²) in [6.07, 6.45) is 0. The van der Waals surface area contributed by atoms with Gasteiger partial charge in [0.2, 0.25) is 0 Å². The lowest BCUT2D eigenvalue weighted by Gasteiger charge is -2.07. The van der Waals surface area contributed by atoms with Crippen LogP contribution >= 0.6 is 0 Å². The quantitative estimate of drug-likeness (QED) is 0.736. The summed E-state index contributed by atoms with van der Waals surface area (Å²) in [7, 11) is 0. The van der Waals surface area contributed by atoms with E-state index in [-0.39, 0.29) is 5.56 Å². The molecule has 0 atom stereocenters. The Kier molecular flexibility index (Phi) is 3.24. The highest BCUT2D eigenvalue weighted by atomic mass is 19.1. The first-order valence-corrected chi connectivity index (χ1v) is 5.56. The van der Waals surface area contributed by atoms with Crippen molar-refractivity contribution in [3.05, 3.63) is 70.3 Å². The molecule has 0 unspecified atom stereocenters. The fraction of sp³-hybridized carbons (Fsp3) is 0.133. The van der Waals surface area contributed by atoms with Crippen molar-refractivity contribution in [2.75, 3.05) is 0 Å². The van der Waals surface area contributed by atoms with Crippen LogP contribution in [0.5, 0.6) is 0 Å². The molecule has 0 N–H and O–H groups in total. The van der Waals surface area contributed by atoms with E-state index >= 15 is 0 Å². The number of carbonyl (C=O) groups excluding carboxylic acids is 1. The Morgan fingerprint density at radius 2 is 1.67 bits per heavy atom. The third kappa shape index (κ3) is 2.30. The van der Waals surface area contributed by atoms with Crippen molar-refractivity contribution in [2.45, 2.75) is 13.8 Å². The van der Waals surface area contributed by atoms with Crippen LogP contribution in [0, 0.1) is 25.5 Å². The first-order chi connectivity index (χ1) is 8.49. The van der Waals surface area contributed by atoms with E-state index in [0.717, 1.165) is 23.3 Å². The topological polar surface area (TPSA) is 17.1 Å². The maximum atomic E-state index is 13.6. The van der Waals surface area contributed by atoms with Gasteiger partial charge in [-0.2, -0.15) is 0 Å². The Labute approximate surface area is 104 Å². The van der Waals surface area contributed by atoms with Crippen LogP contribution < -0.4 is 0 Å². The Hall–Kier alpha value is -2.03. The molecule has 0 bridgehead atoms. The predicted molar refractivity (Wildman–Crippen MR) is 65.7 cm³/mol. The van der Waals surface area contributed by atoms with E-state index in [1.807, 2.05) is 19.1 Å². The van der Waals surface area contributed by atoms with Gasteiger partial charge >= 0.3 is 0 Å². The second kappa shape index (κ2) is 4.69. The molecule has 2 aromatic rings. The molecule has 0 saturated heterocycles. The van der Waals surface area contributed by atoms with Gasteiger partial charge in [0.25, 0.3) is 0 Å². The summed E-state index contributed by atoms with van der Waals surface area (Å²) >= 11 is 0. The van der Waals surface area contributed by atoms with E-state index in [4.69, 9.17) is 0 Å². The minimum Gasteiger partial charge on any atom is -0.288 e. The van der Waals surface area contributed by atoms with E-state index in [1.54, 1.807) is 13.0 Å². The molecule has 1 nitrogen and oxygen atoms in total. The van der Waals surface area contributed by atoms with Crippen molar-refractivity contribution in [1.82, 2.24) is 0 Å². The van der Waals surface area contributed by atoms with E-state index in [2.05, 4.69) is 0 Å². The van der Waals surface area contributed by atoms with Gasteiger partial charge in [-0.05, 0) is 37.6 Å². The van der Waals surface area contributed by atoms with Crippen molar-refractivity contribution in [1.29, 1.82) is 0 Å². The molecule has 0 saturated carbocycles. The molecule has 18 heavy (non-hydrogen) atoms. The normalized spacial score (nSPS) is 10.4. The number of halogens is 2. The summed E-state index contributed by atoms with van der Waals surface area (Å²) in [4.78, 5) is 12.2. The third-order valence-corrected chi connectivity index (χ3v) is 2.81. The van der Waals surface area contributed by atoms with Crippen LogP contribution in [-0.4, -0.2) is 5.78 Å². The highest BCUT2D eigenvalue weighted by molar-refractivity contribution is 6.10. The van der Waals surface area contributed by atoms with Crippen molar-refractivity contribution < 1.29 is 13.6 Å². The zero-order valence-corrected chi connectivity index (χ0v) is 10.1. The molecule has 0 aliphatic carbocycles. The Balaban J connectivity index is 2.51. The summed E-state index contributed by atoms with van der Waals surface area (Å²) in [5.74, 6) is -1.94. The fourth-order valence-corrected chi connectivity index (χ4v) is 1.80. The van der Waals surface area contributed by atoms with E-state index in [0.29, 0.717) is 5.56 Å². The van der Waals surface area contributed by atoms with Crippen molar-refractivity contribution in [3.63, 3.8) is 0 Å². The highest BCUT2D eigenvalue weighted by Crippen LogP contribution is 2.18. The molecule has 0 aliphatic rings. The number of aryl methyl sites for hydroxylation is 2. The maximum absolute atomic E-state index is 13.6. The standard InChI is InChI=1S/C15H12F2O/c1-9-3-4-10(2)13(7-9)15(18)12-6-5-11(16)8-14(12)17/h3-8H,1-2H3. The summed E-state index contributed by atoms with van der Waals surface area (Å²) in [5, 5.41) is 0. The van der Waals surface area contributed by atoms with Crippen LogP contribution in [0.15, 0.2) is 36.4 Å². The molecule has 0 amide bonds. The lowest BCUT2D eigenvalue weighted by Crippen LogP contribution is -2.07. The van der Waals surface area contributed by atoms with Gasteiger partial charge in [-0.15, -0.1) is 0 Å². The predicted octanol–water partition coefficient (Wildman–Crippen LogP) is 3.81. The molecule has 92 valence electrons. The molecule has 0 heterocycles. The average molecular weight is 246 g/mol. The molecule has 2 rings (SSSR count). The van der Waals surface area contributed by atoms with Crippen molar-refractivity contribution in [3.8, 4) is 0 Å². The van der Waals surface area contributed by atoms with Crippen LogP contribution in [0.2, 0.25) is 0 Å². The van der Waals surface area contributed by atoms with Crippen molar-refractivity contribution >= 4 is 5.78 Å². The summed E-state index contributed by atoms with van der Waals surface area (Å²) in [6.45, 7) is 3.64. The van der Waals surface area contributed by atoms with Gasteiger partial charge < -0.3 is 0 Å². The molecule has 3 heteroatoms. The van der Waals surface area contributed by atoms with Crippen molar-refractivity contribution in [2.24, 2.45) is 0 Å². The van der Waals surface area contributed by atoms with Crippen LogP contribution in [-0.2, 0) is 0 Å². The number of ketones is 1. The van der Waals surface area contributed by atoms with Gasteiger partial charge in [0, 0.05) is 11.6 Å². The van der Waals surface area contributed by atoms with Gasteiger partial charge in [0.05, 0.1) is 5.56 Å². The second-order valence-electron chi connectivity index (χ2n) is 4.27. The molecule has 2 aromatic carbocycles. The minimum absolute atomic E-state index is 0.106. The second-order valence-corrected chi connectivity index (χ2v) is 4.27. The Morgan fingerprint density at radius 1 is 0.944 bits per heavy atom. The molecule has 0 radical (unpaired) electrons. The number of benzene rings is 2. The SMILES string of the molecule is Cc1ccc(C)c(C(=O)c2ccc(F)cc2F)c1.